The van der Waals surface area contributed by atoms with Crippen LogP contribution in [0, 0.1) is 5.92 Å². The van der Waals surface area contributed by atoms with E-state index < -0.39 is 11.9 Å². The molecule has 10 heteroatoms. The van der Waals surface area contributed by atoms with E-state index in [9.17, 15) is 9.59 Å². The van der Waals surface area contributed by atoms with Crippen LogP contribution in [0.2, 0.25) is 0 Å². The van der Waals surface area contributed by atoms with Crippen LogP contribution in [0.4, 0.5) is 0 Å². The molecule has 3 saturated heterocycles. The molecular formula is C22H23N5O5. The van der Waals surface area contributed by atoms with Gasteiger partial charge in [0.25, 0.3) is 0 Å². The largest absolute Gasteiger partial charge is 0.478 e. The molecule has 32 heavy (non-hydrogen) atoms. The van der Waals surface area contributed by atoms with Gasteiger partial charge in [-0.05, 0) is 50.0 Å². The highest BCUT2D eigenvalue weighted by atomic mass is 16.5. The minimum atomic E-state index is -1.26. The summed E-state index contributed by atoms with van der Waals surface area (Å²) in [6.07, 6.45) is 5.67. The van der Waals surface area contributed by atoms with E-state index in [1.807, 2.05) is 30.5 Å². The molecule has 6 rings (SSSR count). The second-order valence-corrected chi connectivity index (χ2v) is 7.73. The lowest BCUT2D eigenvalue weighted by Crippen LogP contribution is -2.52. The van der Waals surface area contributed by atoms with E-state index in [1.54, 1.807) is 0 Å². The number of H-pyrrole nitrogens is 1. The molecule has 1 atom stereocenters. The Morgan fingerprint density at radius 1 is 1.06 bits per heavy atom. The van der Waals surface area contributed by atoms with Crippen LogP contribution in [0.5, 0.6) is 5.88 Å². The van der Waals surface area contributed by atoms with Crippen LogP contribution in [0.25, 0.3) is 22.2 Å². The molecule has 2 bridgehead atoms. The number of aromatic amines is 1. The van der Waals surface area contributed by atoms with Crippen LogP contribution in [0.1, 0.15) is 12.8 Å². The Morgan fingerprint density at radius 2 is 1.81 bits per heavy atom. The number of nitrogens with zero attached hydrogens (tertiary/aromatic N) is 4. The molecule has 0 amide bonds. The van der Waals surface area contributed by atoms with Crippen molar-refractivity contribution < 1.29 is 24.5 Å². The molecule has 0 radical (unpaired) electrons. The number of piperidine rings is 3. The summed E-state index contributed by atoms with van der Waals surface area (Å²) < 4.78 is 6.11. The van der Waals surface area contributed by atoms with Gasteiger partial charge in [-0.2, -0.15) is 5.10 Å². The van der Waals surface area contributed by atoms with E-state index in [0.29, 0.717) is 23.9 Å². The lowest BCUT2D eigenvalue weighted by molar-refractivity contribution is -0.134. The van der Waals surface area contributed by atoms with Crippen molar-refractivity contribution in [1.82, 2.24) is 25.3 Å². The molecule has 0 saturated carbocycles. The van der Waals surface area contributed by atoms with Crippen LogP contribution in [0.3, 0.4) is 0 Å². The van der Waals surface area contributed by atoms with Crippen LogP contribution >= 0.6 is 0 Å². The molecule has 0 unspecified atom stereocenters. The highest BCUT2D eigenvalue weighted by Crippen LogP contribution is 2.30. The third-order valence-corrected chi connectivity index (χ3v) is 5.61. The molecule has 166 valence electrons. The number of rotatable bonds is 5. The van der Waals surface area contributed by atoms with Crippen LogP contribution < -0.4 is 4.74 Å². The third-order valence-electron chi connectivity index (χ3n) is 5.61. The van der Waals surface area contributed by atoms with Crippen molar-refractivity contribution in [3.05, 3.63) is 48.7 Å². The molecule has 3 aliphatic heterocycles. The molecular weight excluding hydrogens is 414 g/mol. The zero-order valence-electron chi connectivity index (χ0n) is 17.2. The van der Waals surface area contributed by atoms with Gasteiger partial charge in [-0.1, -0.05) is 6.07 Å². The van der Waals surface area contributed by atoms with E-state index in [1.165, 1.54) is 25.9 Å². The van der Waals surface area contributed by atoms with Gasteiger partial charge >= 0.3 is 11.9 Å². The summed E-state index contributed by atoms with van der Waals surface area (Å²) in [4.78, 5) is 21.6. The Bertz CT molecular complexity index is 1100. The fraction of sp³-hybridized carbons (Fsp3) is 0.318. The number of nitrogens with one attached hydrogen (secondary N) is 1. The first-order valence-corrected chi connectivity index (χ1v) is 10.3. The summed E-state index contributed by atoms with van der Waals surface area (Å²) in [5.41, 5.74) is 2.90. The van der Waals surface area contributed by atoms with Gasteiger partial charge < -0.3 is 14.9 Å². The Hall–Kier alpha value is -3.79. The van der Waals surface area contributed by atoms with Gasteiger partial charge in [-0.3, -0.25) is 10.00 Å². The molecule has 5 heterocycles. The van der Waals surface area contributed by atoms with Crippen molar-refractivity contribution in [3.8, 4) is 17.1 Å². The Labute approximate surface area is 183 Å². The molecule has 0 aliphatic carbocycles. The first kappa shape index (κ1) is 21.4. The van der Waals surface area contributed by atoms with Gasteiger partial charge in [0.15, 0.2) is 0 Å². The van der Waals surface area contributed by atoms with Gasteiger partial charge in [-0.15, -0.1) is 10.2 Å². The summed E-state index contributed by atoms with van der Waals surface area (Å²) in [6, 6.07) is 10.0. The van der Waals surface area contributed by atoms with E-state index in [-0.39, 0.29) is 6.10 Å². The maximum atomic E-state index is 9.55. The summed E-state index contributed by atoms with van der Waals surface area (Å²) in [5, 5.41) is 32.3. The molecule has 3 aromatic rings. The van der Waals surface area contributed by atoms with E-state index >= 15 is 0 Å². The lowest BCUT2D eigenvalue weighted by Gasteiger charge is -2.44. The quantitative estimate of drug-likeness (QED) is 0.512. The number of aliphatic carboxylic acids is 2. The normalized spacial score (nSPS) is 21.8. The number of hydrogen-bond donors (Lipinski definition) is 3. The Balaban J connectivity index is 0.000000265. The monoisotopic (exact) mass is 437 g/mol. The number of hydrogen-bond acceptors (Lipinski definition) is 7. The fourth-order valence-electron chi connectivity index (χ4n) is 3.98. The van der Waals surface area contributed by atoms with Crippen molar-refractivity contribution in [2.24, 2.45) is 5.92 Å². The SMILES string of the molecule is O=C(O)C=CC(=O)O.c1cc2[nH]ncc2cc1-c1ccc(O[C@H]2CN3CCC2CC3)nn1. The number of fused-ring (bicyclic) bond motifs is 4. The van der Waals surface area contributed by atoms with Crippen molar-refractivity contribution in [3.63, 3.8) is 0 Å². The fourth-order valence-corrected chi connectivity index (χ4v) is 3.98. The number of carboxylic acids is 2. The maximum Gasteiger partial charge on any atom is 0.328 e. The first-order valence-electron chi connectivity index (χ1n) is 10.3. The van der Waals surface area contributed by atoms with E-state index in [2.05, 4.69) is 31.4 Å². The zero-order chi connectivity index (χ0) is 22.5. The number of benzene rings is 1. The van der Waals surface area contributed by atoms with Crippen LogP contribution in [-0.4, -0.2) is 73.2 Å². The van der Waals surface area contributed by atoms with Crippen LogP contribution in [0.15, 0.2) is 48.7 Å². The number of carboxylic acid groups (broad SMARTS) is 2. The molecule has 1 aromatic carbocycles. The Kier molecular flexibility index (Phi) is 6.41. The van der Waals surface area contributed by atoms with E-state index in [0.717, 1.165) is 28.7 Å². The molecule has 2 aromatic heterocycles. The smallest absolute Gasteiger partial charge is 0.328 e. The first-order chi connectivity index (χ1) is 15.5. The summed E-state index contributed by atoms with van der Waals surface area (Å²) >= 11 is 0. The molecule has 3 N–H and O–H groups in total. The van der Waals surface area contributed by atoms with Gasteiger partial charge in [0.05, 0.1) is 17.4 Å². The van der Waals surface area contributed by atoms with Crippen molar-refractivity contribution >= 4 is 22.8 Å². The number of ether oxygens (including phenoxy) is 1. The summed E-state index contributed by atoms with van der Waals surface area (Å²) in [6.45, 7) is 3.45. The Morgan fingerprint density at radius 3 is 2.41 bits per heavy atom. The molecule has 0 spiro atoms. The minimum absolute atomic E-state index is 0.259. The summed E-state index contributed by atoms with van der Waals surface area (Å²) in [7, 11) is 0. The van der Waals surface area contributed by atoms with Gasteiger partial charge in [-0.25, -0.2) is 9.59 Å². The molecule has 3 fully saturated rings. The second kappa shape index (κ2) is 9.56. The average Bonchev–Trinajstić information content (AvgIpc) is 3.27. The van der Waals surface area contributed by atoms with Crippen molar-refractivity contribution in [2.45, 2.75) is 18.9 Å². The van der Waals surface area contributed by atoms with Crippen molar-refractivity contribution in [1.29, 1.82) is 0 Å². The zero-order valence-corrected chi connectivity index (χ0v) is 17.2. The molecule has 3 aliphatic rings. The third kappa shape index (κ3) is 5.27. The van der Waals surface area contributed by atoms with Gasteiger partial charge in [0, 0.05) is 35.7 Å². The lowest BCUT2D eigenvalue weighted by atomic mass is 9.86. The highest BCUT2D eigenvalue weighted by Gasteiger charge is 2.35. The van der Waals surface area contributed by atoms with Crippen molar-refractivity contribution in [2.75, 3.05) is 19.6 Å². The second-order valence-electron chi connectivity index (χ2n) is 7.73. The van der Waals surface area contributed by atoms with Gasteiger partial charge in [0.1, 0.15) is 6.10 Å². The standard InChI is InChI=1S/C18H19N5O.C4H4O4/c1-2-16-14(10-19-20-16)9-13(1)15-3-4-18(22-21-15)24-17-11-23-7-5-12(17)6-8-23;5-3(6)1-2-4(7)8/h1-4,9-10,12,17H,5-8,11H2,(H,19,20);1-2H,(H,5,6)(H,7,8)/t17-;/m0./s1. The predicted molar refractivity (Wildman–Crippen MR) is 115 cm³/mol. The number of carbonyl (C=O) groups is 2. The molecule has 10 nitrogen and oxygen atoms in total. The number of aromatic nitrogens is 4. The van der Waals surface area contributed by atoms with Crippen LogP contribution in [-0.2, 0) is 9.59 Å². The predicted octanol–water partition coefficient (Wildman–Crippen LogP) is 2.20. The maximum absolute atomic E-state index is 9.55. The average molecular weight is 437 g/mol. The minimum Gasteiger partial charge on any atom is -0.478 e. The summed E-state index contributed by atoms with van der Waals surface area (Å²) in [5.74, 6) is -1.22. The van der Waals surface area contributed by atoms with Gasteiger partial charge in [0.2, 0.25) is 5.88 Å². The van der Waals surface area contributed by atoms with E-state index in [4.69, 9.17) is 14.9 Å². The topological polar surface area (TPSA) is 142 Å². The highest BCUT2D eigenvalue weighted by molar-refractivity contribution is 5.89.